The van der Waals surface area contributed by atoms with Gasteiger partial charge in [-0.25, -0.2) is 0 Å². The molecule has 0 N–H and O–H groups in total. The summed E-state index contributed by atoms with van der Waals surface area (Å²) in [5, 5.41) is 0. The van der Waals surface area contributed by atoms with Crippen LogP contribution < -0.4 is 4.52 Å². The van der Waals surface area contributed by atoms with E-state index < -0.39 is 0 Å². The standard InChI is InChI=1S/C12H19OP/c1-6-11-7(2)9(4)12(13-14)10(5)8(11)3/h6,14H2,1-5H3. The second-order valence-electron chi connectivity index (χ2n) is 3.78. The van der Waals surface area contributed by atoms with E-state index >= 15 is 0 Å². The van der Waals surface area contributed by atoms with Gasteiger partial charge >= 0.3 is 0 Å². The summed E-state index contributed by atoms with van der Waals surface area (Å²) in [4.78, 5) is 0. The molecule has 0 amide bonds. The first-order valence-electron chi connectivity index (χ1n) is 5.00. The molecule has 1 unspecified atom stereocenters. The lowest BCUT2D eigenvalue weighted by molar-refractivity contribution is 0.630. The summed E-state index contributed by atoms with van der Waals surface area (Å²) < 4.78 is 5.35. The Hall–Kier alpha value is -0.550. The molecule has 1 rings (SSSR count). The van der Waals surface area contributed by atoms with Gasteiger partial charge in [0.15, 0.2) is 0 Å². The van der Waals surface area contributed by atoms with Gasteiger partial charge in [-0.15, -0.1) is 0 Å². The van der Waals surface area contributed by atoms with Crippen LogP contribution in [0.15, 0.2) is 0 Å². The van der Waals surface area contributed by atoms with Crippen LogP contribution in [0.1, 0.15) is 34.7 Å². The van der Waals surface area contributed by atoms with Gasteiger partial charge in [-0.3, -0.25) is 0 Å². The quantitative estimate of drug-likeness (QED) is 0.677. The molecule has 0 fully saturated rings. The first kappa shape index (κ1) is 11.5. The molecule has 0 saturated heterocycles. The molecule has 0 aliphatic carbocycles. The van der Waals surface area contributed by atoms with Crippen LogP contribution in [0.4, 0.5) is 0 Å². The minimum atomic E-state index is 1.02. The fourth-order valence-electron chi connectivity index (χ4n) is 2.06. The Labute approximate surface area is 89.2 Å². The Morgan fingerprint density at radius 3 is 1.64 bits per heavy atom. The second kappa shape index (κ2) is 4.31. The molecule has 0 bridgehead atoms. The molecule has 78 valence electrons. The lowest BCUT2D eigenvalue weighted by atomic mass is 9.92. The largest absolute Gasteiger partial charge is 0.480 e. The highest BCUT2D eigenvalue weighted by molar-refractivity contribution is 7.10. The van der Waals surface area contributed by atoms with Crippen molar-refractivity contribution < 1.29 is 4.52 Å². The maximum atomic E-state index is 5.35. The summed E-state index contributed by atoms with van der Waals surface area (Å²) in [6, 6.07) is 0. The minimum Gasteiger partial charge on any atom is -0.480 e. The van der Waals surface area contributed by atoms with Gasteiger partial charge in [0.25, 0.3) is 0 Å². The van der Waals surface area contributed by atoms with E-state index in [0.717, 1.165) is 12.2 Å². The van der Waals surface area contributed by atoms with Gasteiger partial charge in [-0.2, -0.15) is 0 Å². The summed E-state index contributed by atoms with van der Waals surface area (Å²) in [5.74, 6) is 1.02. The van der Waals surface area contributed by atoms with Crippen LogP contribution in [0.3, 0.4) is 0 Å². The normalized spacial score (nSPS) is 10.4. The van der Waals surface area contributed by atoms with Crippen LogP contribution in [0.5, 0.6) is 5.75 Å². The average Bonchev–Trinajstić information content (AvgIpc) is 2.17. The van der Waals surface area contributed by atoms with Crippen LogP contribution in [0, 0.1) is 27.7 Å². The summed E-state index contributed by atoms with van der Waals surface area (Å²) >= 11 is 0. The molecule has 0 radical (unpaired) electrons. The molecule has 0 aromatic heterocycles. The van der Waals surface area contributed by atoms with Crippen molar-refractivity contribution in [2.24, 2.45) is 0 Å². The van der Waals surface area contributed by atoms with E-state index in [4.69, 9.17) is 4.52 Å². The van der Waals surface area contributed by atoms with Crippen molar-refractivity contribution in [3.8, 4) is 5.75 Å². The fraction of sp³-hybridized carbons (Fsp3) is 0.500. The van der Waals surface area contributed by atoms with Gasteiger partial charge < -0.3 is 4.52 Å². The van der Waals surface area contributed by atoms with E-state index in [9.17, 15) is 0 Å². The molecule has 0 aliphatic rings. The number of hydrogen-bond donors (Lipinski definition) is 0. The zero-order valence-corrected chi connectivity index (χ0v) is 10.8. The van der Waals surface area contributed by atoms with Crippen LogP contribution >= 0.6 is 9.47 Å². The topological polar surface area (TPSA) is 9.23 Å². The summed E-state index contributed by atoms with van der Waals surface area (Å²) in [6.07, 6.45) is 1.09. The lowest BCUT2D eigenvalue weighted by Gasteiger charge is -2.18. The first-order chi connectivity index (χ1) is 6.54. The van der Waals surface area contributed by atoms with Crippen molar-refractivity contribution in [2.75, 3.05) is 0 Å². The van der Waals surface area contributed by atoms with Crippen molar-refractivity contribution in [2.45, 2.75) is 41.0 Å². The van der Waals surface area contributed by atoms with Crippen molar-refractivity contribution in [3.63, 3.8) is 0 Å². The molecular weight excluding hydrogens is 191 g/mol. The van der Waals surface area contributed by atoms with E-state index in [0.29, 0.717) is 0 Å². The molecule has 0 aliphatic heterocycles. The van der Waals surface area contributed by atoms with Crippen LogP contribution in [-0.4, -0.2) is 0 Å². The Morgan fingerprint density at radius 2 is 1.36 bits per heavy atom. The number of hydrogen-bond acceptors (Lipinski definition) is 1. The van der Waals surface area contributed by atoms with E-state index in [1.807, 2.05) is 0 Å². The maximum absolute atomic E-state index is 5.35. The predicted molar refractivity (Wildman–Crippen MR) is 65.1 cm³/mol. The molecule has 14 heavy (non-hydrogen) atoms. The van der Waals surface area contributed by atoms with E-state index in [2.05, 4.69) is 44.1 Å². The fourth-order valence-corrected chi connectivity index (χ4v) is 2.42. The Bertz CT molecular complexity index is 292. The monoisotopic (exact) mass is 210 g/mol. The lowest BCUT2D eigenvalue weighted by Crippen LogP contribution is -2.00. The van der Waals surface area contributed by atoms with Gasteiger partial charge in [-0.05, 0) is 61.9 Å². The van der Waals surface area contributed by atoms with Crippen LogP contribution in [0.25, 0.3) is 0 Å². The number of rotatable bonds is 2. The average molecular weight is 210 g/mol. The SMILES string of the molecule is CCc1c(C)c(C)c(OP)c(C)c1C. The Morgan fingerprint density at radius 1 is 0.929 bits per heavy atom. The predicted octanol–water partition coefficient (Wildman–Crippen LogP) is 3.65. The van der Waals surface area contributed by atoms with Crippen molar-refractivity contribution in [1.82, 2.24) is 0 Å². The Balaban J connectivity index is 3.55. The molecule has 0 spiro atoms. The van der Waals surface area contributed by atoms with E-state index in [1.54, 1.807) is 0 Å². The minimum absolute atomic E-state index is 1.02. The highest BCUT2D eigenvalue weighted by atomic mass is 31.0. The molecular formula is C12H19OP. The number of benzene rings is 1. The third kappa shape index (κ3) is 1.66. The van der Waals surface area contributed by atoms with Crippen LogP contribution in [0.2, 0.25) is 0 Å². The van der Waals surface area contributed by atoms with Gasteiger partial charge in [-0.1, -0.05) is 6.92 Å². The highest BCUT2D eigenvalue weighted by Gasteiger charge is 2.13. The second-order valence-corrected chi connectivity index (χ2v) is 4.01. The summed E-state index contributed by atoms with van der Waals surface area (Å²) in [5.41, 5.74) is 6.73. The third-order valence-electron chi connectivity index (χ3n) is 3.18. The van der Waals surface area contributed by atoms with Crippen molar-refractivity contribution in [3.05, 3.63) is 27.8 Å². The summed E-state index contributed by atoms with van der Waals surface area (Å²) in [7, 11) is 2.34. The molecule has 1 nitrogen and oxygen atoms in total. The van der Waals surface area contributed by atoms with E-state index in [-0.39, 0.29) is 0 Å². The molecule has 1 aromatic carbocycles. The zero-order valence-electron chi connectivity index (χ0n) is 9.69. The highest BCUT2D eigenvalue weighted by Crippen LogP contribution is 2.33. The van der Waals surface area contributed by atoms with E-state index in [1.165, 1.54) is 27.8 Å². The third-order valence-corrected chi connectivity index (χ3v) is 3.42. The van der Waals surface area contributed by atoms with Crippen LogP contribution in [-0.2, 0) is 6.42 Å². The smallest absolute Gasteiger partial charge is 0.128 e. The Kier molecular flexibility index (Phi) is 3.55. The van der Waals surface area contributed by atoms with Gasteiger partial charge in [0.2, 0.25) is 0 Å². The van der Waals surface area contributed by atoms with Crippen molar-refractivity contribution in [1.29, 1.82) is 0 Å². The van der Waals surface area contributed by atoms with Gasteiger partial charge in [0.05, 0.1) is 9.47 Å². The molecule has 2 heteroatoms. The van der Waals surface area contributed by atoms with Crippen molar-refractivity contribution >= 4 is 9.47 Å². The van der Waals surface area contributed by atoms with Gasteiger partial charge in [0.1, 0.15) is 5.75 Å². The zero-order chi connectivity index (χ0) is 10.9. The molecule has 0 heterocycles. The molecule has 0 saturated carbocycles. The molecule has 1 aromatic rings. The summed E-state index contributed by atoms with van der Waals surface area (Å²) in [6.45, 7) is 10.8. The van der Waals surface area contributed by atoms with Gasteiger partial charge in [0, 0.05) is 0 Å². The maximum Gasteiger partial charge on any atom is 0.128 e. The molecule has 1 atom stereocenters. The first-order valence-corrected chi connectivity index (χ1v) is 5.47.